The summed E-state index contributed by atoms with van der Waals surface area (Å²) in [6.45, 7) is 0.927. The van der Waals surface area contributed by atoms with E-state index >= 15 is 0 Å². The predicted molar refractivity (Wildman–Crippen MR) is 61.5 cm³/mol. The number of thiazole rings is 1. The normalized spacial score (nSPS) is 10.3. The van der Waals surface area contributed by atoms with Crippen LogP contribution in [0, 0.1) is 0 Å². The third-order valence-corrected chi connectivity index (χ3v) is 3.24. The Kier molecular flexibility index (Phi) is 5.00. The lowest BCUT2D eigenvalue weighted by Crippen LogP contribution is -2.32. The summed E-state index contributed by atoms with van der Waals surface area (Å²) in [4.78, 5) is 16.5. The number of carboxylic acids is 1. The van der Waals surface area contributed by atoms with Crippen LogP contribution in [-0.2, 0) is 9.53 Å². The maximum absolute atomic E-state index is 10.6. The number of aliphatic carboxylic acids is 1. The molecule has 5 nitrogen and oxygen atoms in total. The first-order valence-electron chi connectivity index (χ1n) is 4.20. The van der Waals surface area contributed by atoms with Crippen LogP contribution in [0.2, 0.25) is 0 Å². The third kappa shape index (κ3) is 4.15. The zero-order valence-corrected chi connectivity index (χ0v) is 10.5. The fourth-order valence-corrected chi connectivity index (χ4v) is 2.27. The lowest BCUT2D eigenvalue weighted by molar-refractivity contribution is -0.135. The predicted octanol–water partition coefficient (Wildman–Crippen LogP) is 1.44. The maximum Gasteiger partial charge on any atom is 0.323 e. The Morgan fingerprint density at radius 1 is 1.80 bits per heavy atom. The van der Waals surface area contributed by atoms with Crippen molar-refractivity contribution in [3.63, 3.8) is 0 Å². The number of carbonyl (C=O) groups is 1. The number of hydrogen-bond acceptors (Lipinski definition) is 5. The minimum atomic E-state index is -0.877. The molecule has 0 fully saturated rings. The Morgan fingerprint density at radius 3 is 3.00 bits per heavy atom. The number of halogens is 1. The van der Waals surface area contributed by atoms with Gasteiger partial charge in [0.2, 0.25) is 0 Å². The molecule has 0 saturated heterocycles. The highest BCUT2D eigenvalue weighted by Crippen LogP contribution is 2.23. The topological polar surface area (TPSA) is 62.7 Å². The first kappa shape index (κ1) is 12.4. The Morgan fingerprint density at radius 2 is 2.53 bits per heavy atom. The molecular weight excluding hydrogens is 284 g/mol. The molecule has 7 heteroatoms. The van der Waals surface area contributed by atoms with Crippen molar-refractivity contribution in [1.29, 1.82) is 0 Å². The smallest absolute Gasteiger partial charge is 0.323 e. The number of hydrogen-bond donors (Lipinski definition) is 1. The highest BCUT2D eigenvalue weighted by Gasteiger charge is 2.13. The molecule has 1 heterocycles. The number of ether oxygens (including phenoxy) is 1. The molecule has 84 valence electrons. The Hall–Kier alpha value is -0.660. The molecule has 1 aromatic heterocycles. The maximum atomic E-state index is 10.6. The van der Waals surface area contributed by atoms with E-state index < -0.39 is 5.97 Å². The van der Waals surface area contributed by atoms with Crippen molar-refractivity contribution >= 4 is 38.4 Å². The number of carboxylic acid groups (broad SMARTS) is 1. The standard InChI is InChI=1S/C8H11BrN2O3S/c1-14-3-2-11(4-7(12)13)8-10-6(9)5-15-8/h5H,2-4H2,1H3,(H,12,13). The van der Waals surface area contributed by atoms with Crippen LogP contribution < -0.4 is 4.90 Å². The van der Waals surface area contributed by atoms with Gasteiger partial charge in [-0.15, -0.1) is 11.3 Å². The molecule has 0 aliphatic rings. The van der Waals surface area contributed by atoms with E-state index in [0.717, 1.165) is 4.60 Å². The van der Waals surface area contributed by atoms with Gasteiger partial charge in [-0.1, -0.05) is 0 Å². The van der Waals surface area contributed by atoms with Crippen molar-refractivity contribution in [2.45, 2.75) is 0 Å². The number of methoxy groups -OCH3 is 1. The summed E-state index contributed by atoms with van der Waals surface area (Å²) in [6, 6.07) is 0. The van der Waals surface area contributed by atoms with Gasteiger partial charge in [-0.05, 0) is 15.9 Å². The Balaban J connectivity index is 2.66. The number of anilines is 1. The van der Waals surface area contributed by atoms with E-state index in [4.69, 9.17) is 9.84 Å². The van der Waals surface area contributed by atoms with Crippen LogP contribution in [0.25, 0.3) is 0 Å². The first-order valence-corrected chi connectivity index (χ1v) is 5.87. The lowest BCUT2D eigenvalue weighted by Gasteiger charge is -2.18. The summed E-state index contributed by atoms with van der Waals surface area (Å²) in [5.74, 6) is -0.877. The van der Waals surface area contributed by atoms with Gasteiger partial charge >= 0.3 is 5.97 Å². The van der Waals surface area contributed by atoms with E-state index in [-0.39, 0.29) is 6.54 Å². The Labute approximate surface area is 99.8 Å². The molecule has 0 saturated carbocycles. The molecule has 0 unspecified atom stereocenters. The quantitative estimate of drug-likeness (QED) is 0.860. The number of aromatic nitrogens is 1. The van der Waals surface area contributed by atoms with Crippen LogP contribution in [0.4, 0.5) is 5.13 Å². The van der Waals surface area contributed by atoms with E-state index in [1.807, 2.05) is 5.38 Å². The molecular formula is C8H11BrN2O3S. The second-order valence-corrected chi connectivity index (χ2v) is 4.41. The van der Waals surface area contributed by atoms with Crippen molar-refractivity contribution in [1.82, 2.24) is 4.98 Å². The molecule has 0 aromatic carbocycles. The van der Waals surface area contributed by atoms with Crippen molar-refractivity contribution in [3.05, 3.63) is 9.98 Å². The van der Waals surface area contributed by atoms with Gasteiger partial charge in [0.1, 0.15) is 11.1 Å². The fraction of sp³-hybridized carbons (Fsp3) is 0.500. The molecule has 1 aromatic rings. The van der Waals surface area contributed by atoms with E-state index in [0.29, 0.717) is 18.3 Å². The number of nitrogens with zero attached hydrogens (tertiary/aromatic N) is 2. The summed E-state index contributed by atoms with van der Waals surface area (Å²) >= 11 is 4.63. The minimum Gasteiger partial charge on any atom is -0.480 e. The molecule has 1 N–H and O–H groups in total. The van der Waals surface area contributed by atoms with Crippen LogP contribution in [0.15, 0.2) is 9.98 Å². The average molecular weight is 295 g/mol. The van der Waals surface area contributed by atoms with E-state index in [2.05, 4.69) is 20.9 Å². The van der Waals surface area contributed by atoms with Crippen molar-refractivity contribution < 1.29 is 14.6 Å². The van der Waals surface area contributed by atoms with Crippen LogP contribution >= 0.6 is 27.3 Å². The summed E-state index contributed by atoms with van der Waals surface area (Å²) in [5.41, 5.74) is 0. The molecule has 0 atom stereocenters. The fourth-order valence-electron chi connectivity index (χ4n) is 0.998. The van der Waals surface area contributed by atoms with Crippen LogP contribution in [-0.4, -0.2) is 42.9 Å². The van der Waals surface area contributed by atoms with Crippen molar-refractivity contribution in [2.75, 3.05) is 31.7 Å². The van der Waals surface area contributed by atoms with Gasteiger partial charge in [0.15, 0.2) is 5.13 Å². The van der Waals surface area contributed by atoms with Crippen molar-refractivity contribution in [2.24, 2.45) is 0 Å². The van der Waals surface area contributed by atoms with Gasteiger partial charge in [0, 0.05) is 19.0 Å². The largest absolute Gasteiger partial charge is 0.480 e. The molecule has 0 spiro atoms. The number of rotatable bonds is 6. The van der Waals surface area contributed by atoms with E-state index in [1.54, 1.807) is 12.0 Å². The van der Waals surface area contributed by atoms with Gasteiger partial charge in [0.05, 0.1) is 6.61 Å². The molecule has 0 amide bonds. The molecule has 0 bridgehead atoms. The van der Waals surface area contributed by atoms with Crippen LogP contribution in [0.1, 0.15) is 0 Å². The van der Waals surface area contributed by atoms with Gasteiger partial charge < -0.3 is 14.7 Å². The second kappa shape index (κ2) is 6.04. The molecule has 0 aliphatic carbocycles. The minimum absolute atomic E-state index is 0.0662. The Bertz CT molecular complexity index is 331. The third-order valence-electron chi connectivity index (χ3n) is 1.63. The van der Waals surface area contributed by atoms with Crippen molar-refractivity contribution in [3.8, 4) is 0 Å². The summed E-state index contributed by atoms with van der Waals surface area (Å²) < 4.78 is 5.63. The zero-order valence-electron chi connectivity index (χ0n) is 8.14. The van der Waals surface area contributed by atoms with Gasteiger partial charge in [-0.2, -0.15) is 0 Å². The molecule has 1 rings (SSSR count). The first-order chi connectivity index (χ1) is 7.13. The van der Waals surface area contributed by atoms with Crippen LogP contribution in [0.3, 0.4) is 0 Å². The van der Waals surface area contributed by atoms with Gasteiger partial charge in [-0.25, -0.2) is 4.98 Å². The second-order valence-electron chi connectivity index (χ2n) is 2.76. The average Bonchev–Trinajstić information content (AvgIpc) is 2.58. The van der Waals surface area contributed by atoms with Gasteiger partial charge in [-0.3, -0.25) is 4.79 Å². The summed E-state index contributed by atoms with van der Waals surface area (Å²) in [6.07, 6.45) is 0. The van der Waals surface area contributed by atoms with Crippen LogP contribution in [0.5, 0.6) is 0 Å². The molecule has 15 heavy (non-hydrogen) atoms. The lowest BCUT2D eigenvalue weighted by atomic mass is 10.5. The highest BCUT2D eigenvalue weighted by molar-refractivity contribution is 9.10. The molecule has 0 aliphatic heterocycles. The summed E-state index contributed by atoms with van der Waals surface area (Å²) in [7, 11) is 1.58. The SMILES string of the molecule is COCCN(CC(=O)O)c1nc(Br)cs1. The highest BCUT2D eigenvalue weighted by atomic mass is 79.9. The summed E-state index contributed by atoms with van der Waals surface area (Å²) in [5, 5.41) is 11.2. The zero-order chi connectivity index (χ0) is 11.3. The molecule has 0 radical (unpaired) electrons. The monoisotopic (exact) mass is 294 g/mol. The van der Waals surface area contributed by atoms with Gasteiger partial charge in [0.25, 0.3) is 0 Å². The van der Waals surface area contributed by atoms with E-state index in [9.17, 15) is 4.79 Å². The van der Waals surface area contributed by atoms with E-state index in [1.165, 1.54) is 11.3 Å².